The summed E-state index contributed by atoms with van der Waals surface area (Å²) in [4.78, 5) is 25.5. The summed E-state index contributed by atoms with van der Waals surface area (Å²) in [5.41, 5.74) is 0. The monoisotopic (exact) mass is 266 g/mol. The summed E-state index contributed by atoms with van der Waals surface area (Å²) in [5, 5.41) is 3.44. The van der Waals surface area contributed by atoms with Gasteiger partial charge in [0.05, 0.1) is 12.5 Å². The number of hydrogen-bond acceptors (Lipinski definition) is 3. The summed E-state index contributed by atoms with van der Waals surface area (Å²) in [6, 6.07) is 0.0629. The van der Waals surface area contributed by atoms with E-state index in [1.54, 1.807) is 0 Å². The molecule has 1 aliphatic carbocycles. The van der Waals surface area contributed by atoms with Crippen molar-refractivity contribution in [2.75, 3.05) is 0 Å². The molecule has 108 valence electrons. The van der Waals surface area contributed by atoms with Crippen LogP contribution in [0.4, 0.5) is 0 Å². The maximum atomic E-state index is 12.2. The molecule has 0 aromatic heterocycles. The first-order chi connectivity index (χ1) is 8.95. The molecule has 1 saturated heterocycles. The van der Waals surface area contributed by atoms with Crippen LogP contribution in [0, 0.1) is 11.8 Å². The number of carbonyl (C=O) groups is 2. The molecule has 2 fully saturated rings. The van der Waals surface area contributed by atoms with Crippen molar-refractivity contribution in [1.29, 1.82) is 0 Å². The van der Waals surface area contributed by atoms with Crippen molar-refractivity contribution in [3.63, 3.8) is 0 Å². The lowest BCUT2D eigenvalue weighted by Crippen LogP contribution is -2.46. The van der Waals surface area contributed by atoms with Crippen molar-refractivity contribution in [2.45, 2.75) is 71.5 Å². The van der Waals surface area contributed by atoms with Crippen LogP contribution in [0.2, 0.25) is 0 Å². The highest BCUT2D eigenvalue weighted by molar-refractivity contribution is 6.05. The van der Waals surface area contributed by atoms with Crippen LogP contribution in [0.3, 0.4) is 0 Å². The summed E-state index contributed by atoms with van der Waals surface area (Å²) in [7, 11) is 0. The maximum Gasteiger partial charge on any atom is 0.247 e. The van der Waals surface area contributed by atoms with Gasteiger partial charge in [-0.25, -0.2) is 0 Å². The van der Waals surface area contributed by atoms with Gasteiger partial charge in [-0.2, -0.15) is 0 Å². The van der Waals surface area contributed by atoms with Gasteiger partial charge in [0.15, 0.2) is 0 Å². The molecule has 19 heavy (non-hydrogen) atoms. The molecule has 1 aliphatic heterocycles. The third-order valence-corrected chi connectivity index (χ3v) is 4.87. The second-order valence-electron chi connectivity index (χ2n) is 6.33. The first-order valence-electron chi connectivity index (χ1n) is 7.57. The lowest BCUT2D eigenvalue weighted by Gasteiger charge is -2.24. The third kappa shape index (κ3) is 2.69. The Morgan fingerprint density at radius 3 is 2.47 bits per heavy atom. The van der Waals surface area contributed by atoms with E-state index in [0.29, 0.717) is 18.4 Å². The molecule has 0 bridgehead atoms. The van der Waals surface area contributed by atoms with Crippen molar-refractivity contribution in [3.8, 4) is 0 Å². The lowest BCUT2D eigenvalue weighted by molar-refractivity contribution is -0.140. The quantitative estimate of drug-likeness (QED) is 0.791. The highest BCUT2D eigenvalue weighted by Gasteiger charge is 2.42. The number of likely N-dealkylation sites (tertiary alicyclic amines) is 1. The molecular formula is C15H26N2O2. The van der Waals surface area contributed by atoms with Gasteiger partial charge in [0.25, 0.3) is 0 Å². The fourth-order valence-electron chi connectivity index (χ4n) is 3.64. The standard InChI is InChI=1S/C15H26N2O2/c1-5-11-6-7-12(10(11)4)16-13-8-14(18)17(9(2)3)15(13)19/h9-13,16H,5-8H2,1-4H3. The zero-order valence-corrected chi connectivity index (χ0v) is 12.5. The van der Waals surface area contributed by atoms with Crippen molar-refractivity contribution in [1.82, 2.24) is 10.2 Å². The number of nitrogens with zero attached hydrogens (tertiary/aromatic N) is 1. The minimum Gasteiger partial charge on any atom is -0.302 e. The van der Waals surface area contributed by atoms with E-state index in [0.717, 1.165) is 12.3 Å². The van der Waals surface area contributed by atoms with Crippen LogP contribution in [0.5, 0.6) is 0 Å². The number of carbonyl (C=O) groups excluding carboxylic acids is 2. The Kier molecular flexibility index (Phi) is 4.29. The second kappa shape index (κ2) is 5.61. The summed E-state index contributed by atoms with van der Waals surface area (Å²) in [6.45, 7) is 8.28. The summed E-state index contributed by atoms with van der Waals surface area (Å²) in [6.07, 6.45) is 3.89. The number of amides is 2. The van der Waals surface area contributed by atoms with Gasteiger partial charge in [0.1, 0.15) is 0 Å². The molecule has 1 N–H and O–H groups in total. The molecule has 0 aromatic rings. The van der Waals surface area contributed by atoms with Crippen molar-refractivity contribution in [2.24, 2.45) is 11.8 Å². The Morgan fingerprint density at radius 1 is 1.32 bits per heavy atom. The largest absolute Gasteiger partial charge is 0.302 e. The number of imide groups is 1. The van der Waals surface area contributed by atoms with E-state index in [1.807, 2.05) is 13.8 Å². The molecule has 4 atom stereocenters. The Labute approximate surface area is 115 Å². The van der Waals surface area contributed by atoms with Crippen LogP contribution < -0.4 is 5.32 Å². The van der Waals surface area contributed by atoms with Crippen molar-refractivity contribution in [3.05, 3.63) is 0 Å². The normalized spacial score (nSPS) is 35.7. The zero-order chi connectivity index (χ0) is 14.2. The van der Waals surface area contributed by atoms with Gasteiger partial charge < -0.3 is 5.32 Å². The van der Waals surface area contributed by atoms with Crippen LogP contribution >= 0.6 is 0 Å². The number of nitrogens with one attached hydrogen (secondary N) is 1. The minimum atomic E-state index is -0.294. The van der Waals surface area contributed by atoms with E-state index in [9.17, 15) is 9.59 Å². The summed E-state index contributed by atoms with van der Waals surface area (Å²) < 4.78 is 0. The Balaban J connectivity index is 1.98. The minimum absolute atomic E-state index is 0.0313. The molecule has 2 amide bonds. The van der Waals surface area contributed by atoms with Crippen LogP contribution in [0.15, 0.2) is 0 Å². The van der Waals surface area contributed by atoms with Gasteiger partial charge in [0, 0.05) is 12.1 Å². The van der Waals surface area contributed by atoms with E-state index in [-0.39, 0.29) is 23.9 Å². The Hall–Kier alpha value is -0.900. The zero-order valence-electron chi connectivity index (χ0n) is 12.5. The highest BCUT2D eigenvalue weighted by Crippen LogP contribution is 2.34. The molecule has 4 nitrogen and oxygen atoms in total. The SMILES string of the molecule is CCC1CCC(NC2CC(=O)N(C(C)C)C2=O)C1C. The first kappa shape index (κ1) is 14.5. The van der Waals surface area contributed by atoms with Gasteiger partial charge in [-0.3, -0.25) is 14.5 Å². The topological polar surface area (TPSA) is 49.4 Å². The number of rotatable bonds is 4. The van der Waals surface area contributed by atoms with Gasteiger partial charge in [-0.1, -0.05) is 20.3 Å². The molecule has 4 unspecified atom stereocenters. The Bertz CT molecular complexity index is 367. The fourth-order valence-corrected chi connectivity index (χ4v) is 3.64. The van der Waals surface area contributed by atoms with E-state index in [1.165, 1.54) is 17.7 Å². The molecule has 2 rings (SSSR count). The van der Waals surface area contributed by atoms with Crippen LogP contribution in [-0.4, -0.2) is 34.8 Å². The van der Waals surface area contributed by atoms with Crippen LogP contribution in [0.1, 0.15) is 53.4 Å². The third-order valence-electron chi connectivity index (χ3n) is 4.87. The van der Waals surface area contributed by atoms with Gasteiger partial charge >= 0.3 is 0 Å². The Morgan fingerprint density at radius 2 is 2.00 bits per heavy atom. The van der Waals surface area contributed by atoms with Gasteiger partial charge in [-0.15, -0.1) is 0 Å². The summed E-state index contributed by atoms with van der Waals surface area (Å²) in [5.74, 6) is 1.29. The molecule has 0 aromatic carbocycles. The first-order valence-corrected chi connectivity index (χ1v) is 7.57. The van der Waals surface area contributed by atoms with E-state index in [2.05, 4.69) is 19.2 Å². The molecule has 0 spiro atoms. The van der Waals surface area contributed by atoms with E-state index < -0.39 is 0 Å². The average Bonchev–Trinajstić information content (AvgIpc) is 2.82. The van der Waals surface area contributed by atoms with Crippen LogP contribution in [-0.2, 0) is 9.59 Å². The second-order valence-corrected chi connectivity index (χ2v) is 6.33. The van der Waals surface area contributed by atoms with Crippen molar-refractivity contribution < 1.29 is 9.59 Å². The average molecular weight is 266 g/mol. The predicted octanol–water partition coefficient (Wildman–Crippen LogP) is 1.94. The van der Waals surface area contributed by atoms with E-state index in [4.69, 9.17) is 0 Å². The summed E-state index contributed by atoms with van der Waals surface area (Å²) >= 11 is 0. The molecular weight excluding hydrogens is 240 g/mol. The maximum absolute atomic E-state index is 12.2. The van der Waals surface area contributed by atoms with Gasteiger partial charge in [-0.05, 0) is 38.5 Å². The van der Waals surface area contributed by atoms with Crippen molar-refractivity contribution >= 4 is 11.8 Å². The van der Waals surface area contributed by atoms with Gasteiger partial charge in [0.2, 0.25) is 11.8 Å². The molecule has 2 aliphatic rings. The molecule has 1 heterocycles. The van der Waals surface area contributed by atoms with E-state index >= 15 is 0 Å². The predicted molar refractivity (Wildman–Crippen MR) is 74.5 cm³/mol. The molecule has 1 saturated carbocycles. The smallest absolute Gasteiger partial charge is 0.247 e. The molecule has 4 heteroatoms. The van der Waals surface area contributed by atoms with Crippen LogP contribution in [0.25, 0.3) is 0 Å². The lowest BCUT2D eigenvalue weighted by atomic mass is 9.93. The number of hydrogen-bond donors (Lipinski definition) is 1. The highest BCUT2D eigenvalue weighted by atomic mass is 16.2. The molecule has 0 radical (unpaired) electrons. The fraction of sp³-hybridized carbons (Fsp3) is 0.867.